The molecule has 0 rings (SSSR count). The number of rotatable bonds is 5. The van der Waals surface area contributed by atoms with Crippen LogP contribution in [0.5, 0.6) is 0 Å². The molecule has 0 aromatic rings. The first kappa shape index (κ1) is 9.87. The summed E-state index contributed by atoms with van der Waals surface area (Å²) in [4.78, 5) is 0. The van der Waals surface area contributed by atoms with Crippen LogP contribution >= 0.6 is 0 Å². The van der Waals surface area contributed by atoms with Crippen LogP contribution in [0, 0.1) is 11.8 Å². The molecular formula is C10H21+. The molecule has 0 saturated carbocycles. The summed E-state index contributed by atoms with van der Waals surface area (Å²) in [5, 5.41) is 0. The SMILES string of the molecule is CCCCC(CC)[C+](C)C. The summed E-state index contributed by atoms with van der Waals surface area (Å²) >= 11 is 0. The number of hydrogen-bond donors (Lipinski definition) is 0. The average molecular weight is 141 g/mol. The van der Waals surface area contributed by atoms with E-state index >= 15 is 0 Å². The van der Waals surface area contributed by atoms with E-state index in [1.54, 1.807) is 5.92 Å². The molecule has 0 radical (unpaired) electrons. The Hall–Kier alpha value is -0.130. The monoisotopic (exact) mass is 141 g/mol. The van der Waals surface area contributed by atoms with Crippen molar-refractivity contribution in [2.45, 2.75) is 53.4 Å². The van der Waals surface area contributed by atoms with Gasteiger partial charge < -0.3 is 0 Å². The molecule has 0 aliphatic heterocycles. The fraction of sp³-hybridized carbons (Fsp3) is 0.900. The van der Waals surface area contributed by atoms with Gasteiger partial charge in [0.05, 0.1) is 25.7 Å². The molecular weight excluding hydrogens is 120 g/mol. The van der Waals surface area contributed by atoms with E-state index in [0.717, 1.165) is 5.92 Å². The van der Waals surface area contributed by atoms with Gasteiger partial charge in [-0.15, -0.1) is 0 Å². The first-order valence-corrected chi connectivity index (χ1v) is 4.52. The van der Waals surface area contributed by atoms with Crippen molar-refractivity contribution in [2.24, 2.45) is 5.92 Å². The van der Waals surface area contributed by atoms with E-state index in [1.165, 1.54) is 25.7 Å². The zero-order chi connectivity index (χ0) is 7.98. The summed E-state index contributed by atoms with van der Waals surface area (Å²) < 4.78 is 0. The summed E-state index contributed by atoms with van der Waals surface area (Å²) in [5.74, 6) is 2.50. The van der Waals surface area contributed by atoms with Gasteiger partial charge in [0.25, 0.3) is 0 Å². The van der Waals surface area contributed by atoms with Crippen molar-refractivity contribution >= 4 is 0 Å². The maximum atomic E-state index is 2.29. The summed E-state index contributed by atoms with van der Waals surface area (Å²) in [6, 6.07) is 0. The highest BCUT2D eigenvalue weighted by molar-refractivity contribution is 4.85. The minimum atomic E-state index is 0.889. The van der Waals surface area contributed by atoms with Crippen molar-refractivity contribution in [2.75, 3.05) is 0 Å². The molecule has 0 bridgehead atoms. The van der Waals surface area contributed by atoms with E-state index in [0.29, 0.717) is 0 Å². The van der Waals surface area contributed by atoms with Crippen LogP contribution in [0.25, 0.3) is 0 Å². The van der Waals surface area contributed by atoms with Crippen LogP contribution in [-0.2, 0) is 0 Å². The zero-order valence-electron chi connectivity index (χ0n) is 7.91. The maximum Gasteiger partial charge on any atom is 0.0993 e. The minimum Gasteiger partial charge on any atom is -0.0654 e. The third-order valence-electron chi connectivity index (χ3n) is 2.22. The van der Waals surface area contributed by atoms with Crippen molar-refractivity contribution in [1.29, 1.82) is 0 Å². The van der Waals surface area contributed by atoms with Gasteiger partial charge in [-0.2, -0.15) is 0 Å². The van der Waals surface area contributed by atoms with Gasteiger partial charge in [0, 0.05) is 0 Å². The van der Waals surface area contributed by atoms with Crippen molar-refractivity contribution in [3.63, 3.8) is 0 Å². The van der Waals surface area contributed by atoms with Crippen LogP contribution in [0.2, 0.25) is 0 Å². The van der Waals surface area contributed by atoms with Gasteiger partial charge in [0.15, 0.2) is 0 Å². The van der Waals surface area contributed by atoms with E-state index in [4.69, 9.17) is 0 Å². The normalized spacial score (nSPS) is 13.2. The second kappa shape index (κ2) is 5.64. The van der Waals surface area contributed by atoms with Gasteiger partial charge in [-0.05, 0) is 19.3 Å². The molecule has 1 unspecified atom stereocenters. The van der Waals surface area contributed by atoms with Gasteiger partial charge in [-0.3, -0.25) is 0 Å². The fourth-order valence-corrected chi connectivity index (χ4v) is 1.35. The van der Waals surface area contributed by atoms with Gasteiger partial charge in [-0.25, -0.2) is 0 Å². The Morgan fingerprint density at radius 2 is 1.80 bits per heavy atom. The minimum absolute atomic E-state index is 0.889. The van der Waals surface area contributed by atoms with E-state index in [-0.39, 0.29) is 0 Å². The van der Waals surface area contributed by atoms with Gasteiger partial charge in [-0.1, -0.05) is 20.3 Å². The van der Waals surface area contributed by atoms with Crippen LogP contribution in [0.15, 0.2) is 0 Å². The zero-order valence-corrected chi connectivity index (χ0v) is 7.91. The molecule has 0 saturated heterocycles. The molecule has 0 heterocycles. The van der Waals surface area contributed by atoms with E-state index in [1.807, 2.05) is 0 Å². The highest BCUT2D eigenvalue weighted by Gasteiger charge is 2.18. The van der Waals surface area contributed by atoms with Gasteiger partial charge in [0.2, 0.25) is 0 Å². The lowest BCUT2D eigenvalue weighted by Gasteiger charge is -2.08. The van der Waals surface area contributed by atoms with Crippen LogP contribution < -0.4 is 0 Å². The van der Waals surface area contributed by atoms with E-state index < -0.39 is 0 Å². The Bertz CT molecular complexity index is 64.4. The highest BCUT2D eigenvalue weighted by atomic mass is 14.1. The molecule has 60 valence electrons. The molecule has 0 N–H and O–H groups in total. The quantitative estimate of drug-likeness (QED) is 0.511. The molecule has 0 aromatic heterocycles. The smallest absolute Gasteiger partial charge is 0.0654 e. The molecule has 1 atom stereocenters. The lowest BCUT2D eigenvalue weighted by molar-refractivity contribution is 0.469. The van der Waals surface area contributed by atoms with Crippen LogP contribution in [0.4, 0.5) is 0 Å². The largest absolute Gasteiger partial charge is 0.0993 e. The fourth-order valence-electron chi connectivity index (χ4n) is 1.35. The third kappa shape index (κ3) is 3.81. The van der Waals surface area contributed by atoms with Crippen molar-refractivity contribution in [3.8, 4) is 0 Å². The Morgan fingerprint density at radius 1 is 1.20 bits per heavy atom. The molecule has 0 amide bonds. The maximum absolute atomic E-state index is 2.29. The Labute approximate surface area is 66.0 Å². The van der Waals surface area contributed by atoms with Crippen LogP contribution in [0.1, 0.15) is 53.4 Å². The molecule has 0 spiro atoms. The first-order valence-electron chi connectivity index (χ1n) is 4.52. The van der Waals surface area contributed by atoms with Crippen molar-refractivity contribution in [3.05, 3.63) is 5.92 Å². The lowest BCUT2D eigenvalue weighted by atomic mass is 9.89. The molecule has 10 heavy (non-hydrogen) atoms. The number of unbranched alkanes of at least 4 members (excludes halogenated alkanes) is 1. The molecule has 0 aromatic carbocycles. The first-order chi connectivity index (χ1) is 4.72. The van der Waals surface area contributed by atoms with E-state index in [2.05, 4.69) is 27.7 Å². The summed E-state index contributed by atoms with van der Waals surface area (Å²) in [6.07, 6.45) is 5.45. The molecule has 0 nitrogen and oxygen atoms in total. The number of hydrogen-bond acceptors (Lipinski definition) is 0. The Kier molecular flexibility index (Phi) is 5.57. The third-order valence-corrected chi connectivity index (χ3v) is 2.22. The average Bonchev–Trinajstić information content (AvgIpc) is 1.89. The Morgan fingerprint density at radius 3 is 2.10 bits per heavy atom. The summed E-state index contributed by atoms with van der Waals surface area (Å²) in [5.41, 5.74) is 0. The van der Waals surface area contributed by atoms with Gasteiger partial charge >= 0.3 is 0 Å². The van der Waals surface area contributed by atoms with Crippen LogP contribution in [-0.4, -0.2) is 0 Å². The van der Waals surface area contributed by atoms with Crippen molar-refractivity contribution in [1.82, 2.24) is 0 Å². The predicted molar refractivity (Wildman–Crippen MR) is 47.9 cm³/mol. The highest BCUT2D eigenvalue weighted by Crippen LogP contribution is 2.22. The van der Waals surface area contributed by atoms with Crippen molar-refractivity contribution < 1.29 is 0 Å². The molecule has 0 aliphatic rings. The topological polar surface area (TPSA) is 0 Å². The van der Waals surface area contributed by atoms with Gasteiger partial charge in [0.1, 0.15) is 0 Å². The summed E-state index contributed by atoms with van der Waals surface area (Å²) in [6.45, 7) is 9.05. The standard InChI is InChI=1S/C10H21/c1-5-7-8-10(6-2)9(3)4/h10H,5-8H2,1-4H3/q+1. The Balaban J connectivity index is 3.40. The predicted octanol–water partition coefficient (Wildman–Crippen LogP) is 3.82. The molecule has 0 aliphatic carbocycles. The second-order valence-corrected chi connectivity index (χ2v) is 3.32. The summed E-state index contributed by atoms with van der Waals surface area (Å²) in [7, 11) is 0. The van der Waals surface area contributed by atoms with E-state index in [9.17, 15) is 0 Å². The molecule has 0 heteroatoms. The molecule has 0 fully saturated rings. The van der Waals surface area contributed by atoms with Crippen LogP contribution in [0.3, 0.4) is 0 Å². The second-order valence-electron chi connectivity index (χ2n) is 3.32. The lowest BCUT2D eigenvalue weighted by Crippen LogP contribution is -2.04.